The van der Waals surface area contributed by atoms with E-state index >= 15 is 0 Å². The summed E-state index contributed by atoms with van der Waals surface area (Å²) in [4.78, 5) is 13.0. The summed E-state index contributed by atoms with van der Waals surface area (Å²) in [5.41, 5.74) is 2.91. The Balaban J connectivity index is 1.89. The lowest BCUT2D eigenvalue weighted by Gasteiger charge is -2.27. The number of nitrogens with zero attached hydrogens (tertiary/aromatic N) is 7. The van der Waals surface area contributed by atoms with Crippen LogP contribution < -0.4 is 13.8 Å². The van der Waals surface area contributed by atoms with Crippen molar-refractivity contribution >= 4 is 16.0 Å². The second-order valence-corrected chi connectivity index (χ2v) is 11.4. The number of benzene rings is 1. The van der Waals surface area contributed by atoms with Crippen molar-refractivity contribution in [1.82, 2.24) is 29.7 Å². The third-order valence-electron chi connectivity index (χ3n) is 6.45. The molecule has 12 heteroatoms. The third-order valence-corrected chi connectivity index (χ3v) is 8.72. The summed E-state index contributed by atoms with van der Waals surface area (Å²) < 4.78 is 41.9. The van der Waals surface area contributed by atoms with E-state index in [1.54, 1.807) is 61.4 Å². The number of anilines is 1. The zero-order valence-electron chi connectivity index (χ0n) is 22.4. The molecule has 0 saturated carbocycles. The third kappa shape index (κ3) is 4.91. The normalized spacial score (nSPS) is 13.1. The molecule has 3 heterocycles. The number of hydrogen-bond donors (Lipinski definition) is 0. The first-order valence-corrected chi connectivity index (χ1v) is 13.5. The first-order valence-electron chi connectivity index (χ1n) is 11.9. The molecule has 0 bridgehead atoms. The van der Waals surface area contributed by atoms with Gasteiger partial charge < -0.3 is 9.47 Å². The fourth-order valence-electron chi connectivity index (χ4n) is 4.07. The lowest BCUT2D eigenvalue weighted by atomic mass is 10.1. The van der Waals surface area contributed by atoms with Gasteiger partial charge >= 0.3 is 0 Å². The molecule has 1 aromatic carbocycles. The number of aryl methyl sites for hydroxylation is 2. The van der Waals surface area contributed by atoms with E-state index < -0.39 is 21.2 Å². The van der Waals surface area contributed by atoms with Crippen LogP contribution in [0.1, 0.15) is 36.7 Å². The van der Waals surface area contributed by atoms with Gasteiger partial charge in [0.1, 0.15) is 23.0 Å². The molecule has 4 rings (SSSR count). The fourth-order valence-corrected chi connectivity index (χ4v) is 5.55. The van der Waals surface area contributed by atoms with E-state index in [4.69, 9.17) is 9.47 Å². The molecule has 200 valence electrons. The highest BCUT2D eigenvalue weighted by Gasteiger charge is 2.36. The Kier molecular flexibility index (Phi) is 7.63. The average Bonchev–Trinajstić information content (AvgIpc) is 3.36. The summed E-state index contributed by atoms with van der Waals surface area (Å²) in [6.45, 7) is 7.21. The van der Waals surface area contributed by atoms with Crippen LogP contribution in [0, 0.1) is 13.8 Å². The Hall–Kier alpha value is -4.06. The molecule has 4 aromatic rings. The zero-order chi connectivity index (χ0) is 27.6. The van der Waals surface area contributed by atoms with Gasteiger partial charge in [-0.15, -0.1) is 10.2 Å². The van der Waals surface area contributed by atoms with Gasteiger partial charge in [-0.05, 0) is 50.1 Å². The molecule has 2 atom stereocenters. The predicted molar refractivity (Wildman–Crippen MR) is 144 cm³/mol. The Morgan fingerprint density at radius 3 is 2.13 bits per heavy atom. The maximum Gasteiger partial charge on any atom is 0.245 e. The highest BCUT2D eigenvalue weighted by molar-refractivity contribution is 7.93. The van der Waals surface area contributed by atoms with Crippen molar-refractivity contribution in [2.45, 2.75) is 38.9 Å². The van der Waals surface area contributed by atoms with Crippen LogP contribution in [-0.2, 0) is 10.0 Å². The summed E-state index contributed by atoms with van der Waals surface area (Å²) >= 11 is 0. The van der Waals surface area contributed by atoms with Crippen molar-refractivity contribution in [2.75, 3.05) is 25.6 Å². The number of methoxy groups -OCH3 is 2. The van der Waals surface area contributed by atoms with Gasteiger partial charge in [-0.25, -0.2) is 22.7 Å². The first kappa shape index (κ1) is 27.0. The summed E-state index contributed by atoms with van der Waals surface area (Å²) in [6, 6.07) is 7.19. The van der Waals surface area contributed by atoms with Crippen molar-refractivity contribution in [3.8, 4) is 28.6 Å². The summed E-state index contributed by atoms with van der Waals surface area (Å²) in [5.74, 6) is 1.30. The van der Waals surface area contributed by atoms with Gasteiger partial charge in [0.05, 0.1) is 19.5 Å². The Bertz CT molecular complexity index is 1520. The number of pyridine rings is 1. The monoisotopic (exact) mass is 537 g/mol. The molecule has 0 aliphatic heterocycles. The van der Waals surface area contributed by atoms with Crippen LogP contribution in [0.15, 0.2) is 49.1 Å². The van der Waals surface area contributed by atoms with Crippen LogP contribution in [0.25, 0.3) is 17.1 Å². The largest absolute Gasteiger partial charge is 0.494 e. The van der Waals surface area contributed by atoms with Gasteiger partial charge in [0, 0.05) is 43.3 Å². The van der Waals surface area contributed by atoms with E-state index in [2.05, 4.69) is 25.1 Å². The molecular formula is C26H31N7O4S. The SMILES string of the molecule is COc1cccc(OC)c1-n1c(-c2cncc(C)c2)nnc1N(C)S(=O)(=O)[C@@H](C)[C@H](C)c1ncc(C)cn1. The Morgan fingerprint density at radius 1 is 0.921 bits per heavy atom. The van der Waals surface area contributed by atoms with Gasteiger partial charge in [0.2, 0.25) is 16.0 Å². The van der Waals surface area contributed by atoms with Crippen LogP contribution in [0.3, 0.4) is 0 Å². The quantitative estimate of drug-likeness (QED) is 0.314. The van der Waals surface area contributed by atoms with E-state index in [0.717, 1.165) is 15.4 Å². The molecule has 0 amide bonds. The van der Waals surface area contributed by atoms with E-state index in [1.807, 2.05) is 19.9 Å². The van der Waals surface area contributed by atoms with Crippen molar-refractivity contribution in [3.63, 3.8) is 0 Å². The second kappa shape index (κ2) is 10.7. The molecule has 0 N–H and O–H groups in total. The molecule has 0 fully saturated rings. The van der Waals surface area contributed by atoms with Gasteiger partial charge in [-0.3, -0.25) is 9.55 Å². The van der Waals surface area contributed by atoms with Crippen molar-refractivity contribution in [3.05, 3.63) is 66.0 Å². The minimum atomic E-state index is -3.96. The van der Waals surface area contributed by atoms with Gasteiger partial charge in [0.25, 0.3) is 0 Å². The molecule has 3 aromatic heterocycles. The fraction of sp³-hybridized carbons (Fsp3) is 0.346. The van der Waals surface area contributed by atoms with E-state index in [9.17, 15) is 8.42 Å². The van der Waals surface area contributed by atoms with E-state index in [0.29, 0.717) is 34.4 Å². The molecule has 0 aliphatic carbocycles. The van der Waals surface area contributed by atoms with Gasteiger partial charge in [-0.1, -0.05) is 13.0 Å². The average molecular weight is 538 g/mol. The van der Waals surface area contributed by atoms with E-state index in [-0.39, 0.29) is 5.95 Å². The lowest BCUT2D eigenvalue weighted by Crippen LogP contribution is -2.39. The topological polar surface area (TPSA) is 125 Å². The molecular weight excluding hydrogens is 506 g/mol. The van der Waals surface area contributed by atoms with Crippen LogP contribution >= 0.6 is 0 Å². The second-order valence-electron chi connectivity index (χ2n) is 9.05. The number of ether oxygens (including phenoxy) is 2. The van der Waals surface area contributed by atoms with Gasteiger partial charge in [-0.2, -0.15) is 0 Å². The van der Waals surface area contributed by atoms with Crippen LogP contribution in [0.2, 0.25) is 0 Å². The lowest BCUT2D eigenvalue weighted by molar-refractivity contribution is 0.391. The number of aromatic nitrogens is 6. The zero-order valence-corrected chi connectivity index (χ0v) is 23.3. The highest BCUT2D eigenvalue weighted by atomic mass is 32.2. The standard InChI is InChI=1S/C26H31N7O4S/c1-16-11-20(15-27-12-16)25-30-31-26(33(25)23-21(36-6)9-8-10-22(23)37-7)32(5)38(34,35)19(4)18(3)24-28-13-17(2)14-29-24/h8-15,18-19H,1-7H3/t18-,19-/m0/s1. The number of para-hydroxylation sites is 1. The summed E-state index contributed by atoms with van der Waals surface area (Å²) in [7, 11) is 0.550. The molecule has 0 unspecified atom stereocenters. The summed E-state index contributed by atoms with van der Waals surface area (Å²) in [5, 5.41) is 7.85. The smallest absolute Gasteiger partial charge is 0.245 e. The Labute approximate surface area is 222 Å². The van der Waals surface area contributed by atoms with E-state index in [1.165, 1.54) is 21.3 Å². The molecule has 0 aliphatic rings. The van der Waals surface area contributed by atoms with Gasteiger partial charge in [0.15, 0.2) is 5.82 Å². The molecule has 0 radical (unpaired) electrons. The molecule has 11 nitrogen and oxygen atoms in total. The van der Waals surface area contributed by atoms with Crippen molar-refractivity contribution in [1.29, 1.82) is 0 Å². The van der Waals surface area contributed by atoms with Crippen LogP contribution in [-0.4, -0.2) is 64.7 Å². The van der Waals surface area contributed by atoms with Crippen LogP contribution in [0.5, 0.6) is 11.5 Å². The maximum absolute atomic E-state index is 13.9. The first-order chi connectivity index (χ1) is 18.1. The minimum Gasteiger partial charge on any atom is -0.494 e. The minimum absolute atomic E-state index is 0.0631. The molecule has 0 spiro atoms. The summed E-state index contributed by atoms with van der Waals surface area (Å²) in [6.07, 6.45) is 6.72. The Morgan fingerprint density at radius 2 is 1.55 bits per heavy atom. The van der Waals surface area contributed by atoms with Crippen molar-refractivity contribution in [2.24, 2.45) is 0 Å². The molecule has 0 saturated heterocycles. The number of rotatable bonds is 9. The number of hydrogen-bond acceptors (Lipinski definition) is 9. The van der Waals surface area contributed by atoms with Crippen LogP contribution in [0.4, 0.5) is 5.95 Å². The van der Waals surface area contributed by atoms with Crippen molar-refractivity contribution < 1.29 is 17.9 Å². The molecule has 38 heavy (non-hydrogen) atoms. The number of sulfonamides is 1. The predicted octanol–water partition coefficient (Wildman–Crippen LogP) is 3.71. The highest BCUT2D eigenvalue weighted by Crippen LogP contribution is 2.39. The maximum atomic E-state index is 13.9.